The van der Waals surface area contributed by atoms with Gasteiger partial charge in [0.15, 0.2) is 0 Å². The van der Waals surface area contributed by atoms with Gasteiger partial charge in [0.1, 0.15) is 6.04 Å². The second-order valence-electron chi connectivity index (χ2n) is 6.45. The van der Waals surface area contributed by atoms with Gasteiger partial charge in [-0.2, -0.15) is 0 Å². The molecule has 0 unspecified atom stereocenters. The third-order valence-corrected chi connectivity index (χ3v) is 4.68. The highest BCUT2D eigenvalue weighted by molar-refractivity contribution is 9.10. The third kappa shape index (κ3) is 5.26. The van der Waals surface area contributed by atoms with Gasteiger partial charge in [-0.15, -0.1) is 0 Å². The lowest BCUT2D eigenvalue weighted by molar-refractivity contribution is -0.150. The molecular formula is C18H25BrN2O4. The summed E-state index contributed by atoms with van der Waals surface area (Å²) in [5.74, 6) is -0.412. The summed E-state index contributed by atoms with van der Waals surface area (Å²) in [4.78, 5) is 28.5. The number of amides is 1. The molecule has 1 aromatic rings. The molecule has 1 fully saturated rings. The van der Waals surface area contributed by atoms with Crippen molar-refractivity contribution in [3.8, 4) is 0 Å². The van der Waals surface area contributed by atoms with Gasteiger partial charge in [0.25, 0.3) is 0 Å². The van der Waals surface area contributed by atoms with E-state index in [9.17, 15) is 9.59 Å². The monoisotopic (exact) mass is 412 g/mol. The molecule has 138 valence electrons. The first-order chi connectivity index (χ1) is 11.8. The lowest BCUT2D eigenvalue weighted by atomic mass is 10.1. The minimum Gasteiger partial charge on any atom is -0.468 e. The van der Waals surface area contributed by atoms with E-state index in [1.165, 1.54) is 7.11 Å². The van der Waals surface area contributed by atoms with E-state index < -0.39 is 12.0 Å². The number of carbonyl (C=O) groups is 2. The SMILES string of the molecule is COC(=O)[C@@H](c1cccc(Br)c1)N(C)CC(=O)N1C[C@@H](C)O[C@@H](C)C1. The van der Waals surface area contributed by atoms with Crippen LogP contribution in [0.1, 0.15) is 25.5 Å². The van der Waals surface area contributed by atoms with E-state index in [2.05, 4.69) is 15.9 Å². The topological polar surface area (TPSA) is 59.1 Å². The maximum Gasteiger partial charge on any atom is 0.327 e. The predicted molar refractivity (Wildman–Crippen MR) is 98.1 cm³/mol. The molecule has 7 heteroatoms. The van der Waals surface area contributed by atoms with Crippen LogP contribution in [0.15, 0.2) is 28.7 Å². The van der Waals surface area contributed by atoms with E-state index in [-0.39, 0.29) is 24.7 Å². The first kappa shape index (κ1) is 19.9. The number of esters is 1. The Kier molecular flexibility index (Phi) is 6.98. The van der Waals surface area contributed by atoms with Gasteiger partial charge < -0.3 is 14.4 Å². The Labute approximate surface area is 157 Å². The Morgan fingerprint density at radius 1 is 1.36 bits per heavy atom. The largest absolute Gasteiger partial charge is 0.468 e. The van der Waals surface area contributed by atoms with E-state index in [1.807, 2.05) is 38.1 Å². The fraction of sp³-hybridized carbons (Fsp3) is 0.556. The molecule has 3 atom stereocenters. The minimum atomic E-state index is -0.637. The number of nitrogens with zero attached hydrogens (tertiary/aromatic N) is 2. The van der Waals surface area contributed by atoms with Gasteiger partial charge in [-0.1, -0.05) is 28.1 Å². The van der Waals surface area contributed by atoms with Crippen LogP contribution >= 0.6 is 15.9 Å². The Bertz CT molecular complexity index is 615. The molecule has 1 saturated heterocycles. The van der Waals surface area contributed by atoms with Crippen molar-refractivity contribution >= 4 is 27.8 Å². The molecule has 0 N–H and O–H groups in total. The van der Waals surface area contributed by atoms with Crippen LogP contribution in [0.25, 0.3) is 0 Å². The highest BCUT2D eigenvalue weighted by Crippen LogP contribution is 2.24. The number of benzene rings is 1. The summed E-state index contributed by atoms with van der Waals surface area (Å²) >= 11 is 3.42. The minimum absolute atomic E-state index is 0.0134. The van der Waals surface area contributed by atoms with Crippen LogP contribution in [0.5, 0.6) is 0 Å². The van der Waals surface area contributed by atoms with Gasteiger partial charge in [0, 0.05) is 17.6 Å². The highest BCUT2D eigenvalue weighted by atomic mass is 79.9. The van der Waals surface area contributed by atoms with Crippen LogP contribution in [0.2, 0.25) is 0 Å². The van der Waals surface area contributed by atoms with Gasteiger partial charge >= 0.3 is 5.97 Å². The summed E-state index contributed by atoms with van der Waals surface area (Å²) in [5, 5.41) is 0. The molecule has 2 rings (SSSR count). The first-order valence-corrected chi connectivity index (χ1v) is 9.08. The predicted octanol–water partition coefficient (Wildman–Crippen LogP) is 2.23. The van der Waals surface area contributed by atoms with Crippen LogP contribution in [-0.2, 0) is 19.1 Å². The van der Waals surface area contributed by atoms with Gasteiger partial charge in [-0.3, -0.25) is 9.69 Å². The first-order valence-electron chi connectivity index (χ1n) is 8.28. The summed E-state index contributed by atoms with van der Waals surface area (Å²) in [6, 6.07) is 6.83. The number of hydrogen-bond donors (Lipinski definition) is 0. The maximum absolute atomic E-state index is 12.7. The number of halogens is 1. The second kappa shape index (κ2) is 8.78. The highest BCUT2D eigenvalue weighted by Gasteiger charge is 2.31. The quantitative estimate of drug-likeness (QED) is 0.693. The Morgan fingerprint density at radius 2 is 2.00 bits per heavy atom. The van der Waals surface area contributed by atoms with Crippen LogP contribution < -0.4 is 0 Å². The number of ether oxygens (including phenoxy) is 2. The summed E-state index contributed by atoms with van der Waals surface area (Å²) in [6.45, 7) is 5.18. The maximum atomic E-state index is 12.7. The van der Waals surface area contributed by atoms with Gasteiger partial charge in [-0.05, 0) is 38.6 Å². The average molecular weight is 413 g/mol. The normalized spacial score (nSPS) is 21.9. The van der Waals surface area contributed by atoms with Crippen molar-refractivity contribution in [3.05, 3.63) is 34.3 Å². The van der Waals surface area contributed by atoms with Crippen molar-refractivity contribution in [2.45, 2.75) is 32.1 Å². The second-order valence-corrected chi connectivity index (χ2v) is 7.37. The Hall–Kier alpha value is -1.44. The fourth-order valence-corrected chi connectivity index (χ4v) is 3.56. The average Bonchev–Trinajstić information content (AvgIpc) is 2.54. The molecule has 1 aliphatic heterocycles. The zero-order chi connectivity index (χ0) is 18.6. The Morgan fingerprint density at radius 3 is 2.56 bits per heavy atom. The molecule has 1 heterocycles. The van der Waals surface area contributed by atoms with Crippen molar-refractivity contribution in [2.75, 3.05) is 33.8 Å². The van der Waals surface area contributed by atoms with Crippen LogP contribution in [-0.4, -0.2) is 67.7 Å². The Balaban J connectivity index is 2.12. The third-order valence-electron chi connectivity index (χ3n) is 4.19. The molecule has 0 spiro atoms. The van der Waals surface area contributed by atoms with Gasteiger partial charge in [-0.25, -0.2) is 4.79 Å². The summed E-state index contributed by atoms with van der Waals surface area (Å²) < 4.78 is 11.5. The molecular weight excluding hydrogens is 388 g/mol. The van der Waals surface area contributed by atoms with Gasteiger partial charge in [0.05, 0.1) is 25.9 Å². The van der Waals surface area contributed by atoms with Crippen molar-refractivity contribution < 1.29 is 19.1 Å². The molecule has 0 aliphatic carbocycles. The van der Waals surface area contributed by atoms with Crippen LogP contribution in [0, 0.1) is 0 Å². The zero-order valence-electron chi connectivity index (χ0n) is 15.1. The lowest BCUT2D eigenvalue weighted by Crippen LogP contribution is -2.51. The number of morpholine rings is 1. The van der Waals surface area contributed by atoms with Crippen molar-refractivity contribution in [1.82, 2.24) is 9.80 Å². The molecule has 25 heavy (non-hydrogen) atoms. The van der Waals surface area contributed by atoms with Crippen molar-refractivity contribution in [2.24, 2.45) is 0 Å². The van der Waals surface area contributed by atoms with Crippen LogP contribution in [0.4, 0.5) is 0 Å². The summed E-state index contributed by atoms with van der Waals surface area (Å²) in [6.07, 6.45) is 0.0268. The van der Waals surface area contributed by atoms with Crippen molar-refractivity contribution in [3.63, 3.8) is 0 Å². The molecule has 0 aromatic heterocycles. The summed E-state index contributed by atoms with van der Waals surface area (Å²) in [7, 11) is 3.11. The number of carbonyl (C=O) groups excluding carboxylic acids is 2. The number of hydrogen-bond acceptors (Lipinski definition) is 5. The molecule has 6 nitrogen and oxygen atoms in total. The summed E-state index contributed by atoms with van der Waals surface area (Å²) in [5.41, 5.74) is 0.778. The number of likely N-dealkylation sites (N-methyl/N-ethyl adjacent to an activating group) is 1. The number of methoxy groups -OCH3 is 1. The molecule has 0 saturated carbocycles. The van der Waals surface area contributed by atoms with E-state index in [0.717, 1.165) is 10.0 Å². The lowest BCUT2D eigenvalue weighted by Gasteiger charge is -2.36. The van der Waals surface area contributed by atoms with E-state index >= 15 is 0 Å². The zero-order valence-corrected chi connectivity index (χ0v) is 16.7. The van der Waals surface area contributed by atoms with E-state index in [1.54, 1.807) is 16.8 Å². The molecule has 1 aromatic carbocycles. The number of rotatable bonds is 5. The molecule has 1 amide bonds. The molecule has 1 aliphatic rings. The van der Waals surface area contributed by atoms with E-state index in [4.69, 9.17) is 9.47 Å². The van der Waals surface area contributed by atoms with Gasteiger partial charge in [0.2, 0.25) is 5.91 Å². The molecule has 0 radical (unpaired) electrons. The van der Waals surface area contributed by atoms with Crippen molar-refractivity contribution in [1.29, 1.82) is 0 Å². The molecule has 0 bridgehead atoms. The smallest absolute Gasteiger partial charge is 0.327 e. The standard InChI is InChI=1S/C18H25BrN2O4/c1-12-9-21(10-13(2)25-12)16(22)11-20(3)17(18(23)24-4)14-6-5-7-15(19)8-14/h5-8,12-13,17H,9-11H2,1-4H3/t12-,13+,17-/m1/s1. The fourth-order valence-electron chi connectivity index (χ4n) is 3.14. The van der Waals surface area contributed by atoms with E-state index in [0.29, 0.717) is 13.1 Å². The van der Waals surface area contributed by atoms with Crippen LogP contribution in [0.3, 0.4) is 0 Å².